The Morgan fingerprint density at radius 2 is 1.95 bits per heavy atom. The molecule has 0 fully saturated rings. The van der Waals surface area contributed by atoms with Gasteiger partial charge in [0.05, 0.1) is 12.6 Å². The van der Waals surface area contributed by atoms with Crippen molar-refractivity contribution in [3.05, 3.63) is 46.7 Å². The Morgan fingerprint density at radius 3 is 2.71 bits per heavy atom. The quantitative estimate of drug-likeness (QED) is 0.766. The Labute approximate surface area is 128 Å². The van der Waals surface area contributed by atoms with Gasteiger partial charge in [0, 0.05) is 15.4 Å². The molecule has 0 unspecified atom stereocenters. The minimum Gasteiger partial charge on any atom is -0.494 e. The van der Waals surface area contributed by atoms with Gasteiger partial charge in [-0.2, -0.15) is 0 Å². The first-order chi connectivity index (χ1) is 10.1. The fourth-order valence-corrected chi connectivity index (χ4v) is 2.41. The van der Waals surface area contributed by atoms with E-state index in [2.05, 4.69) is 25.9 Å². The van der Waals surface area contributed by atoms with Crippen molar-refractivity contribution in [3.63, 3.8) is 0 Å². The summed E-state index contributed by atoms with van der Waals surface area (Å²) in [4.78, 5) is 8.75. The Balaban J connectivity index is 2.19. The highest BCUT2D eigenvalue weighted by molar-refractivity contribution is 9.10. The van der Waals surface area contributed by atoms with E-state index in [9.17, 15) is 4.39 Å². The number of benzene rings is 2. The molecule has 0 bridgehead atoms. The van der Waals surface area contributed by atoms with Gasteiger partial charge in [0.1, 0.15) is 5.82 Å². The van der Waals surface area contributed by atoms with Gasteiger partial charge in [-0.3, -0.25) is 0 Å². The predicted molar refractivity (Wildman–Crippen MR) is 83.6 cm³/mol. The van der Waals surface area contributed by atoms with Gasteiger partial charge in [-0.1, -0.05) is 15.9 Å². The van der Waals surface area contributed by atoms with Crippen LogP contribution in [0.5, 0.6) is 5.75 Å². The molecule has 1 aromatic heterocycles. The van der Waals surface area contributed by atoms with E-state index in [0.29, 0.717) is 17.2 Å². The number of methoxy groups -OCH3 is 1. The van der Waals surface area contributed by atoms with Crippen LogP contribution in [-0.2, 0) is 0 Å². The largest absolute Gasteiger partial charge is 0.494 e. The third-order valence-corrected chi connectivity index (χ3v) is 3.59. The molecule has 106 valence electrons. The maximum absolute atomic E-state index is 13.5. The molecule has 0 atom stereocenters. The van der Waals surface area contributed by atoms with E-state index in [0.717, 1.165) is 15.4 Å². The van der Waals surface area contributed by atoms with Crippen LogP contribution in [-0.4, -0.2) is 17.1 Å². The van der Waals surface area contributed by atoms with Crippen LogP contribution >= 0.6 is 15.9 Å². The van der Waals surface area contributed by atoms with Crippen LogP contribution < -0.4 is 10.5 Å². The predicted octanol–water partition coefficient (Wildman–Crippen LogP) is 3.79. The van der Waals surface area contributed by atoms with Gasteiger partial charge >= 0.3 is 0 Å². The van der Waals surface area contributed by atoms with E-state index in [1.807, 2.05) is 18.2 Å². The van der Waals surface area contributed by atoms with Gasteiger partial charge in [0.25, 0.3) is 0 Å². The van der Waals surface area contributed by atoms with E-state index in [1.54, 1.807) is 12.1 Å². The molecule has 3 aromatic rings. The standard InChI is InChI=1S/C15H11BrFN3O/c1-21-13-6-8(2-4-11(13)17)15-19-12-5-3-9(16)7-10(12)14(18)20-15/h2-7H,1H3,(H2,18,19,20). The van der Waals surface area contributed by atoms with Gasteiger partial charge in [0.2, 0.25) is 0 Å². The number of fused-ring (bicyclic) bond motifs is 1. The molecule has 2 N–H and O–H groups in total. The third-order valence-electron chi connectivity index (χ3n) is 3.10. The zero-order valence-electron chi connectivity index (χ0n) is 11.1. The van der Waals surface area contributed by atoms with Crippen LogP contribution in [0, 0.1) is 5.82 Å². The summed E-state index contributed by atoms with van der Waals surface area (Å²) in [6.45, 7) is 0. The fraction of sp³-hybridized carbons (Fsp3) is 0.0667. The first kappa shape index (κ1) is 13.8. The zero-order chi connectivity index (χ0) is 15.0. The van der Waals surface area contributed by atoms with Crippen LogP contribution in [0.2, 0.25) is 0 Å². The Kier molecular flexibility index (Phi) is 3.47. The summed E-state index contributed by atoms with van der Waals surface area (Å²) < 4.78 is 19.3. The van der Waals surface area contributed by atoms with E-state index >= 15 is 0 Å². The lowest BCUT2D eigenvalue weighted by molar-refractivity contribution is 0.387. The number of nitrogens with zero attached hydrogens (tertiary/aromatic N) is 2. The summed E-state index contributed by atoms with van der Waals surface area (Å²) in [5.41, 5.74) is 7.36. The first-order valence-electron chi connectivity index (χ1n) is 6.15. The molecule has 0 amide bonds. The Hall–Kier alpha value is -2.21. The number of anilines is 1. The molecule has 0 radical (unpaired) electrons. The molecule has 0 aliphatic heterocycles. The van der Waals surface area contributed by atoms with Crippen molar-refractivity contribution in [1.82, 2.24) is 9.97 Å². The maximum atomic E-state index is 13.5. The minimum atomic E-state index is -0.432. The van der Waals surface area contributed by atoms with Crippen molar-refractivity contribution in [3.8, 4) is 17.1 Å². The SMILES string of the molecule is COc1cc(-c2nc(N)c3cc(Br)ccc3n2)ccc1F. The highest BCUT2D eigenvalue weighted by Gasteiger charge is 2.10. The summed E-state index contributed by atoms with van der Waals surface area (Å²) >= 11 is 3.39. The lowest BCUT2D eigenvalue weighted by atomic mass is 10.1. The topological polar surface area (TPSA) is 61.0 Å². The van der Waals surface area contributed by atoms with Crippen LogP contribution in [0.4, 0.5) is 10.2 Å². The van der Waals surface area contributed by atoms with Crippen LogP contribution in [0.1, 0.15) is 0 Å². The molecule has 0 aliphatic rings. The maximum Gasteiger partial charge on any atom is 0.165 e. The second kappa shape index (κ2) is 5.29. The number of ether oxygens (including phenoxy) is 1. The second-order valence-electron chi connectivity index (χ2n) is 4.44. The molecule has 6 heteroatoms. The minimum absolute atomic E-state index is 0.144. The summed E-state index contributed by atoms with van der Waals surface area (Å²) in [7, 11) is 1.41. The summed E-state index contributed by atoms with van der Waals surface area (Å²) in [5, 5.41) is 0.766. The summed E-state index contributed by atoms with van der Waals surface area (Å²) in [5.74, 6) is 0.518. The highest BCUT2D eigenvalue weighted by Crippen LogP contribution is 2.28. The number of halogens is 2. The van der Waals surface area contributed by atoms with Gasteiger partial charge < -0.3 is 10.5 Å². The van der Waals surface area contributed by atoms with Gasteiger partial charge in [0.15, 0.2) is 17.4 Å². The molecule has 2 aromatic carbocycles. The molecule has 0 aliphatic carbocycles. The molecule has 3 rings (SSSR count). The lowest BCUT2D eigenvalue weighted by Crippen LogP contribution is -1.98. The number of aromatic nitrogens is 2. The number of nitrogens with two attached hydrogens (primary N) is 1. The number of hydrogen-bond donors (Lipinski definition) is 1. The molecule has 4 nitrogen and oxygen atoms in total. The van der Waals surface area contributed by atoms with Crippen LogP contribution in [0.15, 0.2) is 40.9 Å². The molecule has 1 heterocycles. The molecule has 0 saturated heterocycles. The van der Waals surface area contributed by atoms with Crippen molar-refractivity contribution in [2.24, 2.45) is 0 Å². The average molecular weight is 348 g/mol. The van der Waals surface area contributed by atoms with Gasteiger partial charge in [-0.15, -0.1) is 0 Å². The van der Waals surface area contributed by atoms with Crippen LogP contribution in [0.25, 0.3) is 22.3 Å². The highest BCUT2D eigenvalue weighted by atomic mass is 79.9. The average Bonchev–Trinajstić information content (AvgIpc) is 2.48. The normalized spacial score (nSPS) is 10.8. The summed E-state index contributed by atoms with van der Waals surface area (Å²) in [6, 6.07) is 10.1. The fourth-order valence-electron chi connectivity index (χ4n) is 2.05. The zero-order valence-corrected chi connectivity index (χ0v) is 12.7. The van der Waals surface area contributed by atoms with Crippen LogP contribution in [0.3, 0.4) is 0 Å². The van der Waals surface area contributed by atoms with E-state index in [1.165, 1.54) is 13.2 Å². The third kappa shape index (κ3) is 2.54. The van der Waals surface area contributed by atoms with E-state index < -0.39 is 5.82 Å². The number of rotatable bonds is 2. The van der Waals surface area contributed by atoms with Gasteiger partial charge in [-0.25, -0.2) is 14.4 Å². The first-order valence-corrected chi connectivity index (χ1v) is 6.94. The molecular formula is C15H11BrFN3O. The van der Waals surface area contributed by atoms with E-state index in [-0.39, 0.29) is 5.75 Å². The second-order valence-corrected chi connectivity index (χ2v) is 5.36. The van der Waals surface area contributed by atoms with Crippen molar-refractivity contribution in [2.75, 3.05) is 12.8 Å². The Bertz CT molecular complexity index is 839. The van der Waals surface area contributed by atoms with Crippen molar-refractivity contribution >= 4 is 32.7 Å². The van der Waals surface area contributed by atoms with E-state index in [4.69, 9.17) is 10.5 Å². The summed E-state index contributed by atoms with van der Waals surface area (Å²) in [6.07, 6.45) is 0. The molecular weight excluding hydrogens is 337 g/mol. The van der Waals surface area contributed by atoms with Gasteiger partial charge in [-0.05, 0) is 36.4 Å². The number of nitrogen functional groups attached to an aromatic ring is 1. The van der Waals surface area contributed by atoms with Crippen molar-refractivity contribution in [2.45, 2.75) is 0 Å². The lowest BCUT2D eigenvalue weighted by Gasteiger charge is -2.08. The van der Waals surface area contributed by atoms with Crippen molar-refractivity contribution in [1.29, 1.82) is 0 Å². The smallest absolute Gasteiger partial charge is 0.165 e. The molecule has 21 heavy (non-hydrogen) atoms. The molecule has 0 saturated carbocycles. The molecule has 0 spiro atoms. The Morgan fingerprint density at radius 1 is 1.14 bits per heavy atom. The van der Waals surface area contributed by atoms with Crippen molar-refractivity contribution < 1.29 is 9.13 Å². The number of hydrogen-bond acceptors (Lipinski definition) is 4. The monoisotopic (exact) mass is 347 g/mol.